The van der Waals surface area contributed by atoms with Crippen LogP contribution in [0.4, 0.5) is 5.82 Å². The number of carbonyl (C=O) groups excluding carboxylic acids is 2. The number of hydrogen-bond acceptors (Lipinski definition) is 5. The molecule has 0 fully saturated rings. The Morgan fingerprint density at radius 1 is 1.10 bits per heavy atom. The van der Waals surface area contributed by atoms with Crippen LogP contribution in [-0.2, 0) is 17.8 Å². The number of aromatic nitrogens is 2. The van der Waals surface area contributed by atoms with Crippen LogP contribution in [0.3, 0.4) is 0 Å². The first-order valence-corrected chi connectivity index (χ1v) is 10.2. The number of nitrogens with one attached hydrogen (secondary N) is 3. The first kappa shape index (κ1) is 19.7. The van der Waals surface area contributed by atoms with Crippen molar-refractivity contribution in [1.29, 1.82) is 0 Å². The minimum absolute atomic E-state index is 0.166. The van der Waals surface area contributed by atoms with Gasteiger partial charge in [0.2, 0.25) is 5.91 Å². The number of anilines is 1. The fourth-order valence-corrected chi connectivity index (χ4v) is 4.00. The molecular weight excluding hydrogens is 400 g/mol. The van der Waals surface area contributed by atoms with E-state index >= 15 is 0 Å². The highest BCUT2D eigenvalue weighted by Crippen LogP contribution is 2.29. The maximum absolute atomic E-state index is 12.5. The molecule has 0 saturated heterocycles. The first-order valence-electron chi connectivity index (χ1n) is 9.36. The number of aromatic amines is 1. The summed E-state index contributed by atoms with van der Waals surface area (Å²) in [5, 5.41) is 13.5. The molecular formula is C22H20N4O3S. The third kappa shape index (κ3) is 4.33. The van der Waals surface area contributed by atoms with Gasteiger partial charge in [-0.2, -0.15) is 5.10 Å². The monoisotopic (exact) mass is 420 g/mol. The molecule has 4 rings (SSSR count). The van der Waals surface area contributed by atoms with E-state index < -0.39 is 0 Å². The van der Waals surface area contributed by atoms with Crippen molar-refractivity contribution < 1.29 is 14.3 Å². The van der Waals surface area contributed by atoms with E-state index in [4.69, 9.17) is 4.74 Å². The number of carbonyl (C=O) groups is 2. The average Bonchev–Trinajstić information content (AvgIpc) is 3.35. The molecule has 7 nitrogen and oxygen atoms in total. The van der Waals surface area contributed by atoms with E-state index in [1.54, 1.807) is 13.2 Å². The Bertz CT molecular complexity index is 1180. The van der Waals surface area contributed by atoms with Crippen LogP contribution in [0.25, 0.3) is 10.2 Å². The predicted octanol–water partition coefficient (Wildman–Crippen LogP) is 3.74. The number of methoxy groups -OCH3 is 1. The van der Waals surface area contributed by atoms with Crippen LogP contribution in [-0.4, -0.2) is 29.1 Å². The number of ether oxygens (including phenoxy) is 1. The highest BCUT2D eigenvalue weighted by atomic mass is 32.1. The minimum atomic E-state index is -0.202. The van der Waals surface area contributed by atoms with Crippen molar-refractivity contribution in [3.05, 3.63) is 76.7 Å². The Morgan fingerprint density at radius 3 is 2.67 bits per heavy atom. The van der Waals surface area contributed by atoms with E-state index in [-0.39, 0.29) is 18.2 Å². The standard InChI is InChI=1S/C22H20N4O3S/c1-29-17-10-6-5-9-15(17)11-19(27)24-20-16-12-18(30-22(16)26-25-20)21(28)23-13-14-7-3-2-4-8-14/h2-10,12H,11,13H2,1H3,(H,23,28)(H2,24,25,26,27). The van der Waals surface area contributed by atoms with Crippen molar-refractivity contribution >= 4 is 39.2 Å². The van der Waals surface area contributed by atoms with Crippen LogP contribution in [0, 0.1) is 0 Å². The van der Waals surface area contributed by atoms with Gasteiger partial charge >= 0.3 is 0 Å². The number of rotatable bonds is 7. The van der Waals surface area contributed by atoms with Crippen molar-refractivity contribution in [2.75, 3.05) is 12.4 Å². The molecule has 8 heteroatoms. The molecule has 0 aliphatic heterocycles. The molecule has 0 aliphatic rings. The SMILES string of the molecule is COc1ccccc1CC(=O)Nc1[nH]nc2sc(C(=O)NCc3ccccc3)cc12. The third-order valence-electron chi connectivity index (χ3n) is 4.58. The zero-order valence-electron chi connectivity index (χ0n) is 16.3. The number of amides is 2. The molecule has 152 valence electrons. The fourth-order valence-electron chi connectivity index (χ4n) is 3.09. The molecule has 4 aromatic rings. The lowest BCUT2D eigenvalue weighted by Crippen LogP contribution is -2.21. The van der Waals surface area contributed by atoms with Crippen molar-refractivity contribution in [3.8, 4) is 5.75 Å². The quantitative estimate of drug-likeness (QED) is 0.424. The van der Waals surface area contributed by atoms with Gasteiger partial charge in [0.05, 0.1) is 23.8 Å². The molecule has 0 atom stereocenters. The summed E-state index contributed by atoms with van der Waals surface area (Å²) < 4.78 is 5.29. The van der Waals surface area contributed by atoms with E-state index in [0.29, 0.717) is 33.2 Å². The van der Waals surface area contributed by atoms with Gasteiger partial charge in [-0.25, -0.2) is 0 Å². The second kappa shape index (κ2) is 8.79. The summed E-state index contributed by atoms with van der Waals surface area (Å²) in [6.07, 6.45) is 0.166. The summed E-state index contributed by atoms with van der Waals surface area (Å²) in [5.74, 6) is 0.762. The van der Waals surface area contributed by atoms with E-state index in [9.17, 15) is 9.59 Å². The van der Waals surface area contributed by atoms with Crippen molar-refractivity contribution in [2.45, 2.75) is 13.0 Å². The Hall–Kier alpha value is -3.65. The Kier molecular flexibility index (Phi) is 5.76. The lowest BCUT2D eigenvalue weighted by Gasteiger charge is -2.08. The number of fused-ring (bicyclic) bond motifs is 1. The second-order valence-electron chi connectivity index (χ2n) is 6.63. The van der Waals surface area contributed by atoms with Crippen LogP contribution >= 0.6 is 11.3 Å². The number of H-pyrrole nitrogens is 1. The topological polar surface area (TPSA) is 96.1 Å². The number of thiophene rings is 1. The molecule has 0 unspecified atom stereocenters. The number of para-hydroxylation sites is 1. The van der Waals surface area contributed by atoms with Crippen LogP contribution in [0.15, 0.2) is 60.7 Å². The van der Waals surface area contributed by atoms with Gasteiger partial charge in [0.25, 0.3) is 5.91 Å². The van der Waals surface area contributed by atoms with Crippen LogP contribution in [0.5, 0.6) is 5.75 Å². The molecule has 0 bridgehead atoms. The van der Waals surface area contributed by atoms with Crippen LogP contribution in [0.1, 0.15) is 20.8 Å². The van der Waals surface area contributed by atoms with Gasteiger partial charge in [-0.15, -0.1) is 11.3 Å². The number of nitrogens with zero attached hydrogens (tertiary/aromatic N) is 1. The summed E-state index contributed by atoms with van der Waals surface area (Å²) in [6, 6.07) is 18.8. The smallest absolute Gasteiger partial charge is 0.261 e. The molecule has 2 aromatic heterocycles. The fraction of sp³-hybridized carbons (Fsp3) is 0.136. The summed E-state index contributed by atoms with van der Waals surface area (Å²) in [4.78, 5) is 26.2. The molecule has 2 aromatic carbocycles. The van der Waals surface area contributed by atoms with Crippen molar-refractivity contribution in [3.63, 3.8) is 0 Å². The molecule has 30 heavy (non-hydrogen) atoms. The molecule has 2 amide bonds. The van der Waals surface area contributed by atoms with Crippen LogP contribution < -0.4 is 15.4 Å². The molecule has 3 N–H and O–H groups in total. The first-order chi connectivity index (χ1) is 14.6. The summed E-state index contributed by atoms with van der Waals surface area (Å²) in [6.45, 7) is 0.448. The highest BCUT2D eigenvalue weighted by molar-refractivity contribution is 7.20. The second-order valence-corrected chi connectivity index (χ2v) is 7.66. The Labute approximate surface area is 177 Å². The molecule has 0 aliphatic carbocycles. The largest absolute Gasteiger partial charge is 0.496 e. The normalized spacial score (nSPS) is 10.7. The third-order valence-corrected chi connectivity index (χ3v) is 5.61. The van der Waals surface area contributed by atoms with Crippen molar-refractivity contribution in [1.82, 2.24) is 15.5 Å². The van der Waals surface area contributed by atoms with Gasteiger partial charge in [0.1, 0.15) is 16.4 Å². The van der Waals surface area contributed by atoms with Gasteiger partial charge < -0.3 is 15.4 Å². The minimum Gasteiger partial charge on any atom is -0.496 e. The Morgan fingerprint density at radius 2 is 1.87 bits per heavy atom. The van der Waals surface area contributed by atoms with Gasteiger partial charge in [0, 0.05) is 12.1 Å². The predicted molar refractivity (Wildman–Crippen MR) is 117 cm³/mol. The van der Waals surface area contributed by atoms with Crippen LogP contribution in [0.2, 0.25) is 0 Å². The zero-order chi connectivity index (χ0) is 20.9. The Balaban J connectivity index is 1.43. The van der Waals surface area contributed by atoms with Gasteiger partial charge in [-0.05, 0) is 17.7 Å². The highest BCUT2D eigenvalue weighted by Gasteiger charge is 2.17. The zero-order valence-corrected chi connectivity index (χ0v) is 17.1. The molecule has 0 spiro atoms. The summed E-state index contributed by atoms with van der Waals surface area (Å²) >= 11 is 1.27. The maximum Gasteiger partial charge on any atom is 0.261 e. The molecule has 0 saturated carbocycles. The molecule has 0 radical (unpaired) electrons. The maximum atomic E-state index is 12.5. The van der Waals surface area contributed by atoms with E-state index in [0.717, 1.165) is 11.1 Å². The lowest BCUT2D eigenvalue weighted by molar-refractivity contribution is -0.115. The summed E-state index contributed by atoms with van der Waals surface area (Å²) in [7, 11) is 1.57. The van der Waals surface area contributed by atoms with Gasteiger partial charge in [0.15, 0.2) is 0 Å². The van der Waals surface area contributed by atoms with Gasteiger partial charge in [-0.1, -0.05) is 48.5 Å². The van der Waals surface area contributed by atoms with E-state index in [1.165, 1.54) is 11.3 Å². The van der Waals surface area contributed by atoms with E-state index in [1.807, 2.05) is 54.6 Å². The number of hydrogen-bond donors (Lipinski definition) is 3. The molecule has 2 heterocycles. The lowest BCUT2D eigenvalue weighted by atomic mass is 10.1. The number of benzene rings is 2. The van der Waals surface area contributed by atoms with E-state index in [2.05, 4.69) is 20.8 Å². The summed E-state index contributed by atoms with van der Waals surface area (Å²) in [5.41, 5.74) is 1.82. The van der Waals surface area contributed by atoms with Crippen molar-refractivity contribution in [2.24, 2.45) is 0 Å². The van der Waals surface area contributed by atoms with Gasteiger partial charge in [-0.3, -0.25) is 14.7 Å². The average molecular weight is 420 g/mol.